The van der Waals surface area contributed by atoms with Gasteiger partial charge in [0.2, 0.25) is 0 Å². The van der Waals surface area contributed by atoms with Gasteiger partial charge in [0, 0.05) is 14.2 Å². The number of rotatable bonds is 0. The van der Waals surface area contributed by atoms with Crippen LogP contribution in [0.1, 0.15) is 26.7 Å². The van der Waals surface area contributed by atoms with Gasteiger partial charge in [0.15, 0.2) is 0 Å². The zero-order valence-electron chi connectivity index (χ0n) is 14.3. The zero-order chi connectivity index (χ0) is 16.9. The third kappa shape index (κ3) is 33.0. The third-order valence-electron chi connectivity index (χ3n) is 1.67. The maximum atomic E-state index is 7.00. The summed E-state index contributed by atoms with van der Waals surface area (Å²) in [6.45, 7) is 9.45. The van der Waals surface area contributed by atoms with E-state index >= 15 is 0 Å². The molecule has 0 fully saturated rings. The molecule has 2 N–H and O–H groups in total. The van der Waals surface area contributed by atoms with Crippen molar-refractivity contribution in [3.63, 3.8) is 0 Å². The van der Waals surface area contributed by atoms with Crippen LogP contribution in [-0.2, 0) is 21.0 Å². The van der Waals surface area contributed by atoms with Gasteiger partial charge in [-0.25, -0.2) is 24.3 Å². The SMILES string of the molecule is CO.CO.C[C](C)=[Hf]=[Si](C)C.[C-]1=CC=CC1.[C-]1=CC=CC1. The molecule has 21 heavy (non-hydrogen) atoms. The van der Waals surface area contributed by atoms with Gasteiger partial charge in [0.1, 0.15) is 0 Å². The average molecular weight is 473 g/mol. The van der Waals surface area contributed by atoms with Gasteiger partial charge < -0.3 is 10.2 Å². The molecule has 2 aliphatic carbocycles. The maximum Gasteiger partial charge on any atom is -0.109 e. The molecule has 0 radical (unpaired) electrons. The Morgan fingerprint density at radius 2 is 1.29 bits per heavy atom. The first-order valence-corrected chi connectivity index (χ1v) is 16.5. The molecule has 0 heterocycles. The fraction of sp³-hybridized carbons (Fsp3) is 0.471. The van der Waals surface area contributed by atoms with Crippen molar-refractivity contribution in [1.82, 2.24) is 0 Å². The van der Waals surface area contributed by atoms with E-state index in [0.717, 1.165) is 27.1 Å². The van der Waals surface area contributed by atoms with Gasteiger partial charge in [-0.15, -0.1) is 12.8 Å². The predicted molar refractivity (Wildman–Crippen MR) is 93.3 cm³/mol. The maximum absolute atomic E-state index is 7.00. The van der Waals surface area contributed by atoms with Gasteiger partial charge >= 0.3 is 56.7 Å². The average Bonchev–Trinajstić information content (AvgIpc) is 3.20. The topological polar surface area (TPSA) is 40.5 Å². The summed E-state index contributed by atoms with van der Waals surface area (Å²) in [5.41, 5.74) is 0.223. The Balaban J connectivity index is -0.000000209. The first kappa shape index (κ1) is 25.8. The van der Waals surface area contributed by atoms with E-state index < -0.39 is 0 Å². The van der Waals surface area contributed by atoms with Crippen molar-refractivity contribution >= 4 is 8.75 Å². The number of aliphatic hydroxyl groups is 2. The minimum absolute atomic E-state index is 0.133. The van der Waals surface area contributed by atoms with Gasteiger partial charge in [0.05, 0.1) is 0 Å². The summed E-state index contributed by atoms with van der Waals surface area (Å²) in [6, 6.07) is 0. The van der Waals surface area contributed by atoms with Gasteiger partial charge in [0.25, 0.3) is 0 Å². The molecule has 0 bridgehead atoms. The minimum atomic E-state index is -0.133. The van der Waals surface area contributed by atoms with Gasteiger partial charge in [-0.3, -0.25) is 12.2 Å². The Labute approximate surface area is 142 Å². The van der Waals surface area contributed by atoms with Gasteiger partial charge in [-0.1, -0.05) is 0 Å². The molecule has 0 amide bonds. The summed E-state index contributed by atoms with van der Waals surface area (Å²) in [6.07, 6.45) is 20.0. The van der Waals surface area contributed by atoms with Gasteiger partial charge in [-0.05, 0) is 0 Å². The second kappa shape index (κ2) is 24.8. The Hall–Kier alpha value is -0.163. The van der Waals surface area contributed by atoms with Crippen LogP contribution in [0.3, 0.4) is 0 Å². The molecule has 0 aromatic heterocycles. The number of aliphatic hydroxyl groups excluding tert-OH is 2. The van der Waals surface area contributed by atoms with Crippen LogP contribution in [0.4, 0.5) is 0 Å². The first-order chi connectivity index (χ1) is 10.1. The Morgan fingerprint density at radius 1 is 0.905 bits per heavy atom. The van der Waals surface area contributed by atoms with Crippen LogP contribution >= 0.6 is 0 Å². The van der Waals surface area contributed by atoms with Crippen molar-refractivity contribution in [3.05, 3.63) is 48.6 Å². The molecule has 0 saturated carbocycles. The monoisotopic (exact) mass is 474 g/mol. The summed E-state index contributed by atoms with van der Waals surface area (Å²) in [5.74, 6) is 0. The number of allylic oxidation sites excluding steroid dienone is 8. The van der Waals surface area contributed by atoms with Crippen molar-refractivity contribution in [2.75, 3.05) is 14.2 Å². The summed E-state index contributed by atoms with van der Waals surface area (Å²) >= 11 is -0.133. The van der Waals surface area contributed by atoms with E-state index in [-0.39, 0.29) is 26.5 Å². The molecule has 0 aliphatic heterocycles. The van der Waals surface area contributed by atoms with Crippen LogP contribution in [-0.4, -0.2) is 33.2 Å². The van der Waals surface area contributed by atoms with Crippen molar-refractivity contribution in [2.45, 2.75) is 39.8 Å². The molecule has 0 aromatic rings. The fourth-order valence-electron chi connectivity index (χ4n) is 1.18. The van der Waals surface area contributed by atoms with Gasteiger partial charge in [-0.2, -0.15) is 12.2 Å². The van der Waals surface area contributed by atoms with E-state index in [1.807, 2.05) is 24.3 Å². The van der Waals surface area contributed by atoms with E-state index in [0.29, 0.717) is 0 Å². The first-order valence-electron chi connectivity index (χ1n) is 6.83. The van der Waals surface area contributed by atoms with Crippen molar-refractivity contribution in [1.29, 1.82) is 0 Å². The Morgan fingerprint density at radius 3 is 1.33 bits per heavy atom. The quantitative estimate of drug-likeness (QED) is 0.419. The normalized spacial score (nSPS) is 11.4. The van der Waals surface area contributed by atoms with Crippen molar-refractivity contribution in [3.8, 4) is 0 Å². The Kier molecular flexibility index (Phi) is 30.5. The zero-order valence-corrected chi connectivity index (χ0v) is 18.9. The van der Waals surface area contributed by atoms with Crippen LogP contribution in [0.25, 0.3) is 0 Å². The molecule has 2 nitrogen and oxygen atoms in total. The van der Waals surface area contributed by atoms with Crippen LogP contribution < -0.4 is 0 Å². The number of hydrogen-bond acceptors (Lipinski definition) is 2. The number of hydrogen-bond donors (Lipinski definition) is 2. The molecule has 2 aliphatic rings. The van der Waals surface area contributed by atoms with Crippen molar-refractivity contribution < 1.29 is 31.3 Å². The molecule has 4 heteroatoms. The van der Waals surface area contributed by atoms with Crippen molar-refractivity contribution in [2.24, 2.45) is 0 Å². The van der Waals surface area contributed by atoms with Crippen LogP contribution in [0.2, 0.25) is 13.1 Å². The van der Waals surface area contributed by atoms with Crippen LogP contribution in [0, 0.1) is 12.2 Å². The largest absolute Gasteiger partial charge is 0.273 e. The molecule has 0 spiro atoms. The summed E-state index contributed by atoms with van der Waals surface area (Å²) in [5, 5.41) is 14.0. The fourth-order valence-corrected chi connectivity index (χ4v) is 13.0. The second-order valence-corrected chi connectivity index (χ2v) is 23.4. The van der Waals surface area contributed by atoms with Crippen LogP contribution in [0.15, 0.2) is 36.5 Å². The molecule has 0 atom stereocenters. The van der Waals surface area contributed by atoms with E-state index in [1.54, 1.807) is 3.26 Å². The molecule has 0 saturated heterocycles. The second-order valence-electron chi connectivity index (χ2n) is 4.13. The van der Waals surface area contributed by atoms with Crippen LogP contribution in [0.5, 0.6) is 0 Å². The van der Waals surface area contributed by atoms with E-state index in [1.165, 1.54) is 0 Å². The predicted octanol–water partition coefficient (Wildman–Crippen LogP) is 3.36. The summed E-state index contributed by atoms with van der Waals surface area (Å²) in [7, 11) is 2.00. The molecule has 120 valence electrons. The molecule has 0 unspecified atom stereocenters. The molecular weight excluding hydrogens is 443 g/mol. The van der Waals surface area contributed by atoms with E-state index in [2.05, 4.69) is 51.2 Å². The summed E-state index contributed by atoms with van der Waals surface area (Å²) in [4.78, 5) is 0. The minimum Gasteiger partial charge on any atom is -0.273 e. The van der Waals surface area contributed by atoms with E-state index in [4.69, 9.17) is 10.2 Å². The Bertz CT molecular complexity index is 326. The molecule has 0 aromatic carbocycles. The molecule has 2 rings (SSSR count). The third-order valence-corrected chi connectivity index (χ3v) is 13.4. The van der Waals surface area contributed by atoms with E-state index in [9.17, 15) is 0 Å². The standard InChI is InChI=1S/2C5H5.C3H6.C2H6Si.2CH4O.Hf/c2*1-2-4-5-3-1;2*1-3-2;2*1-2;/h2*1-3H,4H2;2*1-2H3;2*2H,1H3;/q2*-1;;;;;. The summed E-state index contributed by atoms with van der Waals surface area (Å²) < 4.78 is 1.78. The smallest absolute Gasteiger partial charge is 0.109 e. The molecular formula is C17H30HfO2Si-2.